The molecule has 0 radical (unpaired) electrons. The summed E-state index contributed by atoms with van der Waals surface area (Å²) in [5.41, 5.74) is 0. The number of benzene rings is 1. The van der Waals surface area contributed by atoms with Crippen molar-refractivity contribution in [3.63, 3.8) is 0 Å². The summed E-state index contributed by atoms with van der Waals surface area (Å²) in [6.45, 7) is 0.0538. The highest BCUT2D eigenvalue weighted by molar-refractivity contribution is 5.79. The molecule has 0 bridgehead atoms. The van der Waals surface area contributed by atoms with Gasteiger partial charge < -0.3 is 9.84 Å². The second-order valence-corrected chi connectivity index (χ2v) is 3.21. The normalized spacial score (nSPS) is 11.5. The van der Waals surface area contributed by atoms with Crippen LogP contribution >= 0.6 is 0 Å². The highest BCUT2D eigenvalue weighted by Gasteiger charge is 2.37. The average molecular weight is 274 g/mol. The summed E-state index contributed by atoms with van der Waals surface area (Å²) in [6, 6.07) is 0. The quantitative estimate of drug-likeness (QED) is 0.390. The number of alkyl halides is 2. The topological polar surface area (TPSA) is 46.5 Å². The minimum Gasteiger partial charge on any atom is -0.503 e. The molecule has 1 aromatic rings. The van der Waals surface area contributed by atoms with Crippen LogP contribution in [0.25, 0.3) is 0 Å². The summed E-state index contributed by atoms with van der Waals surface area (Å²) in [7, 11) is 0. The van der Waals surface area contributed by atoms with Crippen molar-refractivity contribution >= 4 is 5.97 Å². The molecule has 0 fully saturated rings. The summed E-state index contributed by atoms with van der Waals surface area (Å²) in [5.74, 6) is -19.7. The predicted octanol–water partition coefficient (Wildman–Crippen LogP) is 2.51. The van der Waals surface area contributed by atoms with Crippen LogP contribution < -0.4 is 4.74 Å². The van der Waals surface area contributed by atoms with Gasteiger partial charge in [0.15, 0.2) is 5.75 Å². The second-order valence-electron chi connectivity index (χ2n) is 3.21. The Hall–Kier alpha value is -1.93. The van der Waals surface area contributed by atoms with Gasteiger partial charge in [0.2, 0.25) is 29.0 Å². The van der Waals surface area contributed by atoms with Crippen LogP contribution in [0, 0.1) is 23.3 Å². The van der Waals surface area contributed by atoms with Crippen LogP contribution in [0.4, 0.5) is 26.3 Å². The molecule has 100 valence electrons. The van der Waals surface area contributed by atoms with E-state index in [1.165, 1.54) is 0 Å². The Morgan fingerprint density at radius 2 is 1.44 bits per heavy atom. The van der Waals surface area contributed by atoms with E-state index in [0.29, 0.717) is 0 Å². The first-order valence-corrected chi connectivity index (χ1v) is 4.22. The number of aromatic hydroxyl groups is 1. The number of carbonyl (C=O) groups is 1. The van der Waals surface area contributed by atoms with E-state index in [2.05, 4.69) is 4.74 Å². The number of rotatable bonds is 2. The Kier molecular flexibility index (Phi) is 3.45. The summed E-state index contributed by atoms with van der Waals surface area (Å²) < 4.78 is 79.8. The predicted molar refractivity (Wildman–Crippen MR) is 44.2 cm³/mol. The average Bonchev–Trinajstić information content (AvgIpc) is 2.28. The fourth-order valence-electron chi connectivity index (χ4n) is 0.872. The summed E-state index contributed by atoms with van der Waals surface area (Å²) in [4.78, 5) is 10.6. The van der Waals surface area contributed by atoms with Crippen LogP contribution in [0.5, 0.6) is 11.5 Å². The van der Waals surface area contributed by atoms with Crippen molar-refractivity contribution in [2.75, 3.05) is 0 Å². The van der Waals surface area contributed by atoms with Gasteiger partial charge in [0.1, 0.15) is 0 Å². The van der Waals surface area contributed by atoms with E-state index in [1.807, 2.05) is 0 Å². The summed E-state index contributed by atoms with van der Waals surface area (Å²) in [6.07, 6.45) is 0. The van der Waals surface area contributed by atoms with E-state index in [0.717, 1.165) is 0 Å². The minimum atomic E-state index is -4.12. The molecule has 0 heterocycles. The fourth-order valence-corrected chi connectivity index (χ4v) is 0.872. The van der Waals surface area contributed by atoms with Crippen molar-refractivity contribution in [1.29, 1.82) is 0 Å². The van der Waals surface area contributed by atoms with Gasteiger partial charge in [-0.2, -0.15) is 26.3 Å². The molecule has 3 nitrogen and oxygen atoms in total. The smallest absolute Gasteiger partial charge is 0.382 e. The molecule has 0 aromatic heterocycles. The molecule has 1 N–H and O–H groups in total. The van der Waals surface area contributed by atoms with E-state index in [-0.39, 0.29) is 6.92 Å². The number of phenols is 1. The number of phenolic OH excluding ortho intramolecular Hbond substituents is 1. The Balaban J connectivity index is 3.31. The maximum Gasteiger partial charge on any atom is 0.382 e. The molecular weight excluding hydrogens is 270 g/mol. The first-order valence-electron chi connectivity index (χ1n) is 4.22. The van der Waals surface area contributed by atoms with Crippen molar-refractivity contribution in [3.05, 3.63) is 23.3 Å². The Morgan fingerprint density at radius 1 is 1.06 bits per heavy atom. The number of esters is 1. The zero-order valence-corrected chi connectivity index (χ0v) is 8.53. The molecule has 0 aliphatic carbocycles. The van der Waals surface area contributed by atoms with Crippen LogP contribution in [-0.4, -0.2) is 17.0 Å². The molecule has 0 amide bonds. The van der Waals surface area contributed by atoms with Crippen LogP contribution in [0.15, 0.2) is 0 Å². The highest BCUT2D eigenvalue weighted by atomic mass is 19.3. The van der Waals surface area contributed by atoms with Gasteiger partial charge in [0, 0.05) is 6.92 Å². The van der Waals surface area contributed by atoms with Gasteiger partial charge in [-0.05, 0) is 0 Å². The number of ether oxygens (including phenoxy) is 1. The van der Waals surface area contributed by atoms with Gasteiger partial charge in [-0.15, -0.1) is 0 Å². The van der Waals surface area contributed by atoms with Crippen molar-refractivity contribution < 1.29 is 41.0 Å². The zero-order valence-electron chi connectivity index (χ0n) is 8.53. The Labute approximate surface area is 95.6 Å². The first-order chi connectivity index (χ1) is 8.07. The fraction of sp³-hybridized carbons (Fsp3) is 0.222. The third-order valence-corrected chi connectivity index (χ3v) is 1.75. The van der Waals surface area contributed by atoms with Crippen LogP contribution in [0.2, 0.25) is 0 Å². The van der Waals surface area contributed by atoms with Crippen LogP contribution in [-0.2, 0) is 4.79 Å². The van der Waals surface area contributed by atoms with E-state index >= 15 is 0 Å². The van der Waals surface area contributed by atoms with E-state index in [9.17, 15) is 31.1 Å². The van der Waals surface area contributed by atoms with Gasteiger partial charge >= 0.3 is 11.9 Å². The number of carbonyl (C=O) groups excluding carboxylic acids is 1. The van der Waals surface area contributed by atoms with Crippen molar-refractivity contribution in [2.24, 2.45) is 0 Å². The van der Waals surface area contributed by atoms with Crippen molar-refractivity contribution in [2.45, 2.75) is 12.8 Å². The molecular formula is C9H4F6O3. The highest BCUT2D eigenvalue weighted by Crippen LogP contribution is 2.34. The molecule has 0 aliphatic rings. The number of hydrogen-bond donors (Lipinski definition) is 1. The molecule has 0 saturated heterocycles. The van der Waals surface area contributed by atoms with Gasteiger partial charge in [-0.3, -0.25) is 0 Å². The van der Waals surface area contributed by atoms with Gasteiger partial charge in [-0.1, -0.05) is 0 Å². The first kappa shape index (κ1) is 14.1. The maximum absolute atomic E-state index is 13.0. The third-order valence-electron chi connectivity index (χ3n) is 1.75. The maximum atomic E-state index is 13.0. The van der Waals surface area contributed by atoms with Gasteiger partial charge in [-0.25, -0.2) is 4.79 Å². The lowest BCUT2D eigenvalue weighted by Crippen LogP contribution is -2.30. The van der Waals surface area contributed by atoms with E-state index < -0.39 is 46.7 Å². The van der Waals surface area contributed by atoms with Crippen molar-refractivity contribution in [1.82, 2.24) is 0 Å². The van der Waals surface area contributed by atoms with Crippen molar-refractivity contribution in [3.8, 4) is 11.5 Å². The molecule has 1 aromatic carbocycles. The van der Waals surface area contributed by atoms with Crippen LogP contribution in [0.1, 0.15) is 6.92 Å². The van der Waals surface area contributed by atoms with Gasteiger partial charge in [0.05, 0.1) is 0 Å². The Morgan fingerprint density at radius 3 is 1.78 bits per heavy atom. The molecule has 0 spiro atoms. The Bertz CT molecular complexity index is 479. The third kappa shape index (κ3) is 2.34. The monoisotopic (exact) mass is 274 g/mol. The molecule has 0 saturated carbocycles. The largest absolute Gasteiger partial charge is 0.503 e. The van der Waals surface area contributed by atoms with E-state index in [1.54, 1.807) is 0 Å². The SMILES string of the molecule is CC(F)(F)C(=O)Oc1c(F)c(F)c(O)c(F)c1F. The molecule has 0 atom stereocenters. The molecule has 9 heteroatoms. The van der Waals surface area contributed by atoms with Crippen LogP contribution in [0.3, 0.4) is 0 Å². The minimum absolute atomic E-state index is 0.0538. The summed E-state index contributed by atoms with van der Waals surface area (Å²) >= 11 is 0. The van der Waals surface area contributed by atoms with Gasteiger partial charge in [0.25, 0.3) is 0 Å². The lowest BCUT2D eigenvalue weighted by molar-refractivity contribution is -0.159. The number of halogens is 6. The lowest BCUT2D eigenvalue weighted by Gasteiger charge is -2.12. The standard InChI is InChI=1S/C9H4F6O3/c1-9(14,15)8(17)18-7-4(12)2(10)6(16)3(11)5(7)13/h16H,1H3. The summed E-state index contributed by atoms with van der Waals surface area (Å²) in [5, 5.41) is 8.57. The lowest BCUT2D eigenvalue weighted by atomic mass is 10.2. The number of hydrogen-bond acceptors (Lipinski definition) is 3. The molecule has 18 heavy (non-hydrogen) atoms. The second kappa shape index (κ2) is 4.39. The van der Waals surface area contributed by atoms with E-state index in [4.69, 9.17) is 5.11 Å². The molecule has 0 aliphatic heterocycles. The molecule has 0 unspecified atom stereocenters. The molecule has 1 rings (SSSR count). The zero-order chi connectivity index (χ0) is 14.2.